The highest BCUT2D eigenvalue weighted by molar-refractivity contribution is 14.1. The third kappa shape index (κ3) is 4.00. The SMILES string of the molecule is N#C/C(=C/c1cc(Cl)cc(I)c1O)C(=O)Nc1ccccc1. The number of amides is 1. The number of phenols is 1. The average molecular weight is 425 g/mol. The maximum atomic E-state index is 12.1. The highest BCUT2D eigenvalue weighted by Crippen LogP contribution is 2.30. The summed E-state index contributed by atoms with van der Waals surface area (Å²) in [4.78, 5) is 12.1. The molecule has 2 rings (SSSR count). The van der Waals surface area contributed by atoms with Crippen LogP contribution < -0.4 is 5.32 Å². The van der Waals surface area contributed by atoms with Crippen LogP contribution in [-0.2, 0) is 4.79 Å². The second-order valence-corrected chi connectivity index (χ2v) is 5.91. The maximum absolute atomic E-state index is 12.1. The molecule has 0 saturated carbocycles. The van der Waals surface area contributed by atoms with E-state index in [2.05, 4.69) is 5.32 Å². The first-order valence-electron chi connectivity index (χ1n) is 6.17. The van der Waals surface area contributed by atoms with Crippen molar-refractivity contribution in [2.75, 3.05) is 5.32 Å². The normalized spacial score (nSPS) is 10.9. The highest BCUT2D eigenvalue weighted by Gasteiger charge is 2.12. The molecule has 0 aliphatic heterocycles. The standard InChI is InChI=1S/C16H10ClIN2O2/c17-12-7-10(15(21)14(18)8-12)6-11(9-19)16(22)20-13-4-2-1-3-5-13/h1-8,21H,(H,20,22)/b11-6-. The van der Waals surface area contributed by atoms with Gasteiger partial charge in [0, 0.05) is 16.3 Å². The predicted octanol–water partition coefficient (Wildman–Crippen LogP) is 4.20. The van der Waals surface area contributed by atoms with Crippen molar-refractivity contribution in [3.05, 3.63) is 62.2 Å². The van der Waals surface area contributed by atoms with Gasteiger partial charge in [-0.1, -0.05) is 29.8 Å². The third-order valence-electron chi connectivity index (χ3n) is 2.75. The maximum Gasteiger partial charge on any atom is 0.266 e. The molecule has 2 aromatic rings. The van der Waals surface area contributed by atoms with Gasteiger partial charge >= 0.3 is 0 Å². The van der Waals surface area contributed by atoms with Crippen LogP contribution in [0.1, 0.15) is 5.56 Å². The Bertz CT molecular complexity index is 783. The summed E-state index contributed by atoms with van der Waals surface area (Å²) in [6, 6.07) is 13.7. The summed E-state index contributed by atoms with van der Waals surface area (Å²) in [6.07, 6.45) is 1.31. The van der Waals surface area contributed by atoms with Crippen LogP contribution in [-0.4, -0.2) is 11.0 Å². The molecule has 6 heteroatoms. The van der Waals surface area contributed by atoms with Crippen molar-refractivity contribution >= 4 is 51.9 Å². The molecule has 0 saturated heterocycles. The van der Waals surface area contributed by atoms with Crippen molar-refractivity contribution in [1.82, 2.24) is 0 Å². The number of nitrogens with one attached hydrogen (secondary N) is 1. The van der Waals surface area contributed by atoms with E-state index in [4.69, 9.17) is 16.9 Å². The minimum atomic E-state index is -0.553. The van der Waals surface area contributed by atoms with E-state index >= 15 is 0 Å². The lowest BCUT2D eigenvalue weighted by Gasteiger charge is -2.06. The lowest BCUT2D eigenvalue weighted by Crippen LogP contribution is -2.13. The van der Waals surface area contributed by atoms with Gasteiger partial charge < -0.3 is 10.4 Å². The van der Waals surface area contributed by atoms with Crippen LogP contribution in [0.5, 0.6) is 5.75 Å². The number of hydrogen-bond donors (Lipinski definition) is 2. The van der Waals surface area contributed by atoms with Crippen LogP contribution in [0.15, 0.2) is 48.0 Å². The Kier molecular flexibility index (Phi) is 5.41. The molecule has 1 amide bonds. The van der Waals surface area contributed by atoms with E-state index in [0.29, 0.717) is 19.8 Å². The Morgan fingerprint density at radius 1 is 1.32 bits per heavy atom. The first-order chi connectivity index (χ1) is 10.5. The fraction of sp³-hybridized carbons (Fsp3) is 0. The van der Waals surface area contributed by atoms with Gasteiger partial charge in [0.05, 0.1) is 3.57 Å². The minimum absolute atomic E-state index is 0.0229. The molecule has 0 unspecified atom stereocenters. The van der Waals surface area contributed by atoms with Gasteiger partial charge in [0.25, 0.3) is 5.91 Å². The number of halogens is 2. The van der Waals surface area contributed by atoms with Gasteiger partial charge in [-0.25, -0.2) is 0 Å². The second kappa shape index (κ2) is 7.29. The van der Waals surface area contributed by atoms with Crippen molar-refractivity contribution in [1.29, 1.82) is 5.26 Å². The van der Waals surface area contributed by atoms with Crippen molar-refractivity contribution in [3.63, 3.8) is 0 Å². The topological polar surface area (TPSA) is 73.1 Å². The van der Waals surface area contributed by atoms with Crippen molar-refractivity contribution in [3.8, 4) is 11.8 Å². The average Bonchev–Trinajstić information content (AvgIpc) is 2.50. The van der Waals surface area contributed by atoms with Crippen LogP contribution >= 0.6 is 34.2 Å². The monoisotopic (exact) mass is 424 g/mol. The number of aromatic hydroxyl groups is 1. The van der Waals surface area contributed by atoms with Gasteiger partial charge in [0.2, 0.25) is 0 Å². The highest BCUT2D eigenvalue weighted by atomic mass is 127. The number of anilines is 1. The molecule has 0 heterocycles. The molecule has 2 N–H and O–H groups in total. The number of carbonyl (C=O) groups excluding carboxylic acids is 1. The van der Waals surface area contributed by atoms with E-state index in [1.54, 1.807) is 30.3 Å². The summed E-state index contributed by atoms with van der Waals surface area (Å²) in [5, 5.41) is 22.2. The lowest BCUT2D eigenvalue weighted by molar-refractivity contribution is -0.112. The number of nitriles is 1. The molecule has 0 aliphatic carbocycles. The molecule has 110 valence electrons. The van der Waals surface area contributed by atoms with Crippen molar-refractivity contribution in [2.24, 2.45) is 0 Å². The Balaban J connectivity index is 2.32. The van der Waals surface area contributed by atoms with Gasteiger partial charge in [-0.15, -0.1) is 0 Å². The molecule has 0 radical (unpaired) electrons. The zero-order chi connectivity index (χ0) is 16.1. The summed E-state index contributed by atoms with van der Waals surface area (Å²) in [7, 11) is 0. The Hall–Kier alpha value is -2.04. The van der Waals surface area contributed by atoms with Crippen LogP contribution in [0.3, 0.4) is 0 Å². The number of hydrogen-bond acceptors (Lipinski definition) is 3. The molecule has 0 aliphatic rings. The number of benzene rings is 2. The summed E-state index contributed by atoms with van der Waals surface area (Å²) < 4.78 is 0.539. The van der Waals surface area contributed by atoms with E-state index in [0.717, 1.165) is 0 Å². The first kappa shape index (κ1) is 16.3. The Labute approximate surface area is 146 Å². The molecular weight excluding hydrogens is 415 g/mol. The number of nitrogens with zero attached hydrogens (tertiary/aromatic N) is 1. The van der Waals surface area contributed by atoms with Crippen molar-refractivity contribution < 1.29 is 9.90 Å². The van der Waals surface area contributed by atoms with E-state index < -0.39 is 5.91 Å². The molecule has 4 nitrogen and oxygen atoms in total. The quantitative estimate of drug-likeness (QED) is 0.441. The molecule has 0 atom stereocenters. The van der Waals surface area contributed by atoms with Gasteiger partial charge in [-0.3, -0.25) is 4.79 Å². The summed E-state index contributed by atoms with van der Waals surface area (Å²) in [5.41, 5.74) is 0.771. The van der Waals surface area contributed by atoms with Gasteiger partial charge in [-0.2, -0.15) is 5.26 Å². The predicted molar refractivity (Wildman–Crippen MR) is 94.5 cm³/mol. The first-order valence-corrected chi connectivity index (χ1v) is 7.63. The Morgan fingerprint density at radius 3 is 2.64 bits per heavy atom. The smallest absolute Gasteiger partial charge is 0.266 e. The van der Waals surface area contributed by atoms with Crippen LogP contribution in [0.4, 0.5) is 5.69 Å². The van der Waals surface area contributed by atoms with Gasteiger partial charge in [-0.05, 0) is 52.9 Å². The van der Waals surface area contributed by atoms with Gasteiger partial charge in [0.15, 0.2) is 0 Å². The lowest BCUT2D eigenvalue weighted by atomic mass is 10.1. The van der Waals surface area contributed by atoms with Crippen LogP contribution in [0.2, 0.25) is 5.02 Å². The van der Waals surface area contributed by atoms with E-state index in [-0.39, 0.29) is 11.3 Å². The fourth-order valence-corrected chi connectivity index (χ4v) is 2.78. The molecule has 0 fully saturated rings. The van der Waals surface area contributed by atoms with Crippen LogP contribution in [0, 0.1) is 14.9 Å². The fourth-order valence-electron chi connectivity index (χ4n) is 1.72. The van der Waals surface area contributed by atoms with Crippen LogP contribution in [0.25, 0.3) is 6.08 Å². The van der Waals surface area contributed by atoms with E-state index in [9.17, 15) is 9.90 Å². The number of carbonyl (C=O) groups is 1. The summed E-state index contributed by atoms with van der Waals surface area (Å²) in [6.45, 7) is 0. The zero-order valence-electron chi connectivity index (χ0n) is 11.2. The summed E-state index contributed by atoms with van der Waals surface area (Å²) >= 11 is 7.85. The zero-order valence-corrected chi connectivity index (χ0v) is 14.1. The number of rotatable bonds is 3. The van der Waals surface area contributed by atoms with E-state index in [1.165, 1.54) is 12.1 Å². The Morgan fingerprint density at radius 2 is 2.00 bits per heavy atom. The largest absolute Gasteiger partial charge is 0.506 e. The third-order valence-corrected chi connectivity index (χ3v) is 3.79. The minimum Gasteiger partial charge on any atom is -0.506 e. The second-order valence-electron chi connectivity index (χ2n) is 4.32. The molecule has 0 aromatic heterocycles. The number of para-hydroxylation sites is 1. The van der Waals surface area contributed by atoms with Gasteiger partial charge in [0.1, 0.15) is 17.4 Å². The van der Waals surface area contributed by atoms with E-state index in [1.807, 2.05) is 34.7 Å². The molecule has 22 heavy (non-hydrogen) atoms. The molecule has 0 spiro atoms. The molecular formula is C16H10ClIN2O2. The summed E-state index contributed by atoms with van der Waals surface area (Å²) in [5.74, 6) is -0.576. The number of phenolic OH excluding ortho intramolecular Hbond substituents is 1. The molecule has 2 aromatic carbocycles. The van der Waals surface area contributed by atoms with Crippen molar-refractivity contribution in [2.45, 2.75) is 0 Å². The molecule has 0 bridgehead atoms.